The van der Waals surface area contributed by atoms with Crippen LogP contribution in [0.4, 0.5) is 11.4 Å². The van der Waals surface area contributed by atoms with Crippen LogP contribution in [0.5, 0.6) is 23.0 Å². The molecule has 0 bridgehead atoms. The first-order valence-electron chi connectivity index (χ1n) is 20.5. The lowest BCUT2D eigenvalue weighted by Gasteiger charge is -2.12. The topological polar surface area (TPSA) is 136 Å². The van der Waals surface area contributed by atoms with Gasteiger partial charge >= 0.3 is 0 Å². The summed E-state index contributed by atoms with van der Waals surface area (Å²) in [7, 11) is 0. The number of nitrogens with zero attached hydrogens (tertiary/aromatic N) is 10. The first-order valence-corrected chi connectivity index (χ1v) is 20.5. The molecule has 5 aromatic heterocycles. The molecular weight excluding hydrogens is 821 g/mol. The molecular formula is C54H28N10O2. The third-order valence-electron chi connectivity index (χ3n) is 11.3. The third kappa shape index (κ3) is 6.70. The van der Waals surface area contributed by atoms with E-state index in [1.165, 1.54) is 0 Å². The van der Waals surface area contributed by atoms with E-state index in [0.717, 1.165) is 54.7 Å². The summed E-state index contributed by atoms with van der Waals surface area (Å²) in [5, 5.41) is 23.2. The molecule has 306 valence electrons. The molecule has 12 nitrogen and oxygen atoms in total. The van der Waals surface area contributed by atoms with Crippen LogP contribution in [0, 0.1) is 35.8 Å². The van der Waals surface area contributed by atoms with Gasteiger partial charge in [-0.15, -0.1) is 0 Å². The molecule has 0 amide bonds. The Hall–Kier alpha value is -10.1. The normalized spacial score (nSPS) is 11.0. The lowest BCUT2D eigenvalue weighted by atomic mass is 10.1. The van der Waals surface area contributed by atoms with Crippen LogP contribution in [0.3, 0.4) is 0 Å². The zero-order valence-corrected chi connectivity index (χ0v) is 34.5. The molecule has 0 N–H and O–H groups in total. The molecule has 0 atom stereocenters. The highest BCUT2D eigenvalue weighted by Gasteiger charge is 2.20. The van der Waals surface area contributed by atoms with Gasteiger partial charge < -0.3 is 9.47 Å². The first-order chi connectivity index (χ1) is 32.5. The molecule has 0 unspecified atom stereocenters. The molecule has 11 aromatic rings. The summed E-state index contributed by atoms with van der Waals surface area (Å²) in [6, 6.07) is 49.0. The van der Waals surface area contributed by atoms with Crippen molar-refractivity contribution >= 4 is 55.0 Å². The largest absolute Gasteiger partial charge is 0.468 e. The summed E-state index contributed by atoms with van der Waals surface area (Å²) >= 11 is 0. The highest BCUT2D eigenvalue weighted by molar-refractivity contribution is 6.12. The van der Waals surface area contributed by atoms with Crippen LogP contribution in [-0.4, -0.2) is 29.1 Å². The summed E-state index contributed by atoms with van der Waals surface area (Å²) in [6.45, 7) is 15.6. The summed E-state index contributed by atoms with van der Waals surface area (Å²) < 4.78 is 16.9. The van der Waals surface area contributed by atoms with Gasteiger partial charge in [-0.25, -0.2) is 19.7 Å². The van der Waals surface area contributed by atoms with Crippen LogP contribution in [0.15, 0.2) is 170 Å². The number of hydrogen-bond donors (Lipinski definition) is 0. The molecule has 0 fully saturated rings. The Morgan fingerprint density at radius 1 is 0.485 bits per heavy atom. The van der Waals surface area contributed by atoms with E-state index in [0.29, 0.717) is 68.5 Å². The van der Waals surface area contributed by atoms with Gasteiger partial charge in [-0.1, -0.05) is 42.5 Å². The number of nitriles is 2. The predicted octanol–water partition coefficient (Wildman–Crippen LogP) is 13.2. The standard InChI is InChI=1S/C54H28N10O2/c1-57-37-16-18-48-42(25-37)41-24-36(30-56)51(27-49(41)64(48)54-14-4-6-20-60-54)65-38-11-7-9-34(22-38)45-31-62-46(32-61-45)35-10-8-12-39(23-35)66-52-28-50-43(26-44(52)58-2)40-21-33(29-55)15-17-47(40)63(50)53-13-3-5-19-59-53/h3-28,31-32H. The average molecular weight is 849 g/mol. The molecule has 5 heterocycles. The maximum Gasteiger partial charge on any atom is 0.229 e. The van der Waals surface area contributed by atoms with Crippen LogP contribution in [0.2, 0.25) is 0 Å². The van der Waals surface area contributed by atoms with E-state index in [-0.39, 0.29) is 0 Å². The number of pyridine rings is 2. The van der Waals surface area contributed by atoms with Crippen molar-refractivity contribution in [3.05, 3.63) is 204 Å². The quantitative estimate of drug-likeness (QED) is 0.138. The number of hydrogen-bond acceptors (Lipinski definition) is 8. The summed E-state index contributed by atoms with van der Waals surface area (Å²) in [5.41, 5.74) is 7.67. The Bertz CT molecular complexity index is 3670. The lowest BCUT2D eigenvalue weighted by Crippen LogP contribution is -1.97. The van der Waals surface area contributed by atoms with Crippen molar-refractivity contribution in [2.75, 3.05) is 0 Å². The van der Waals surface area contributed by atoms with Gasteiger partial charge in [-0.3, -0.25) is 19.1 Å². The molecule has 0 saturated carbocycles. The third-order valence-corrected chi connectivity index (χ3v) is 11.3. The molecule has 0 radical (unpaired) electrons. The zero-order chi connectivity index (χ0) is 44.7. The van der Waals surface area contributed by atoms with Gasteiger partial charge in [0.1, 0.15) is 40.7 Å². The zero-order valence-electron chi connectivity index (χ0n) is 34.5. The van der Waals surface area contributed by atoms with Gasteiger partial charge in [0.25, 0.3) is 0 Å². The molecule has 66 heavy (non-hydrogen) atoms. The Labute approximate surface area is 376 Å². The van der Waals surface area contributed by atoms with Gasteiger partial charge in [-0.2, -0.15) is 10.5 Å². The number of ether oxygens (including phenoxy) is 2. The molecule has 0 spiro atoms. The molecule has 12 heteroatoms. The fourth-order valence-corrected chi connectivity index (χ4v) is 8.33. The Balaban J connectivity index is 0.889. The van der Waals surface area contributed by atoms with E-state index < -0.39 is 0 Å². The minimum atomic E-state index is 0.318. The van der Waals surface area contributed by atoms with E-state index in [2.05, 4.69) is 31.8 Å². The van der Waals surface area contributed by atoms with Crippen LogP contribution < -0.4 is 9.47 Å². The lowest BCUT2D eigenvalue weighted by molar-refractivity contribution is 0.482. The smallest absolute Gasteiger partial charge is 0.229 e. The number of aromatic nitrogens is 6. The van der Waals surface area contributed by atoms with Crippen molar-refractivity contribution in [1.29, 1.82) is 10.5 Å². The van der Waals surface area contributed by atoms with E-state index in [4.69, 9.17) is 32.6 Å². The summed E-state index contributed by atoms with van der Waals surface area (Å²) in [4.78, 5) is 26.2. The Morgan fingerprint density at radius 2 is 1.06 bits per heavy atom. The fraction of sp³-hybridized carbons (Fsp3) is 0. The van der Waals surface area contributed by atoms with Crippen LogP contribution >= 0.6 is 0 Å². The monoisotopic (exact) mass is 848 g/mol. The number of benzene rings is 6. The van der Waals surface area contributed by atoms with Gasteiger partial charge in [0.05, 0.1) is 76.2 Å². The Morgan fingerprint density at radius 3 is 1.62 bits per heavy atom. The minimum Gasteiger partial charge on any atom is -0.468 e. The second-order valence-electron chi connectivity index (χ2n) is 15.2. The average Bonchev–Trinajstić information content (AvgIpc) is 3.86. The molecule has 11 rings (SSSR count). The first kappa shape index (κ1) is 38.8. The van der Waals surface area contributed by atoms with Crippen molar-refractivity contribution < 1.29 is 9.47 Å². The number of rotatable bonds is 8. The van der Waals surface area contributed by atoms with Gasteiger partial charge in [0.2, 0.25) is 5.69 Å². The highest BCUT2D eigenvalue weighted by atomic mass is 16.5. The fourth-order valence-electron chi connectivity index (χ4n) is 8.33. The van der Waals surface area contributed by atoms with Gasteiger partial charge in [-0.05, 0) is 108 Å². The van der Waals surface area contributed by atoms with E-state index in [1.54, 1.807) is 49.1 Å². The maximum absolute atomic E-state index is 10.3. The van der Waals surface area contributed by atoms with Crippen molar-refractivity contribution in [2.24, 2.45) is 0 Å². The van der Waals surface area contributed by atoms with Crippen molar-refractivity contribution in [2.45, 2.75) is 0 Å². The molecule has 6 aromatic carbocycles. The molecule has 0 aliphatic carbocycles. The Kier molecular flexibility index (Phi) is 9.37. The number of fused-ring (bicyclic) bond motifs is 6. The molecule has 0 saturated heterocycles. The SMILES string of the molecule is [C-]#[N+]c1ccc2c(c1)c1cc(C#N)c(Oc3cccc(-c4cnc(-c5cccc(Oc6cc7c(cc6[N+]#[C-])c6cc(C#N)ccc6n7-c6ccccn6)c5)cn4)c3)cc1n2-c1ccccn1. The minimum absolute atomic E-state index is 0.318. The summed E-state index contributed by atoms with van der Waals surface area (Å²) in [5.74, 6) is 3.12. The highest BCUT2D eigenvalue weighted by Crippen LogP contribution is 2.43. The van der Waals surface area contributed by atoms with Crippen molar-refractivity contribution in [1.82, 2.24) is 29.1 Å². The van der Waals surface area contributed by atoms with Crippen LogP contribution in [0.25, 0.3) is 87.5 Å². The van der Waals surface area contributed by atoms with Gasteiger partial charge in [0.15, 0.2) is 5.69 Å². The second-order valence-corrected chi connectivity index (χ2v) is 15.2. The second kappa shape index (κ2) is 16.0. The van der Waals surface area contributed by atoms with E-state index in [1.807, 2.05) is 130 Å². The predicted molar refractivity (Wildman–Crippen MR) is 252 cm³/mol. The van der Waals surface area contributed by atoms with E-state index in [9.17, 15) is 10.5 Å². The van der Waals surface area contributed by atoms with Crippen LogP contribution in [0.1, 0.15) is 11.1 Å². The summed E-state index contributed by atoms with van der Waals surface area (Å²) in [6.07, 6.45) is 6.83. The van der Waals surface area contributed by atoms with Crippen molar-refractivity contribution in [3.8, 4) is 69.3 Å². The van der Waals surface area contributed by atoms with Crippen LogP contribution in [-0.2, 0) is 0 Å². The van der Waals surface area contributed by atoms with Crippen molar-refractivity contribution in [3.63, 3.8) is 0 Å². The maximum atomic E-state index is 10.3. The molecule has 0 aliphatic rings. The van der Waals surface area contributed by atoms with Gasteiger partial charge in [0, 0.05) is 40.4 Å². The molecule has 0 aliphatic heterocycles. The van der Waals surface area contributed by atoms with E-state index >= 15 is 0 Å².